The first-order valence-electron chi connectivity index (χ1n) is 3.77. The largest absolute Gasteiger partial charge is 0.504 e. The highest BCUT2D eigenvalue weighted by molar-refractivity contribution is 6.31. The Labute approximate surface area is 81.5 Å². The number of hydrogen-bond acceptors (Lipinski definition) is 3. The maximum Gasteiger partial charge on any atom is 0.166 e. The second-order valence-corrected chi connectivity index (χ2v) is 3.08. The zero-order valence-corrected chi connectivity index (χ0v) is 8.22. The van der Waals surface area contributed by atoms with E-state index in [-0.39, 0.29) is 18.1 Å². The number of phenolic OH excluding ortho intramolecular Hbond substituents is 1. The Balaban J connectivity index is 3.41. The van der Waals surface area contributed by atoms with E-state index in [0.29, 0.717) is 10.6 Å². The number of aromatic hydroxyl groups is 1. The fourth-order valence-corrected chi connectivity index (χ4v) is 1.40. The SMILES string of the molecule is COc1c(O)cc(Cl)c(C)c1CO. The lowest BCUT2D eigenvalue weighted by Gasteiger charge is -2.12. The van der Waals surface area contributed by atoms with Gasteiger partial charge in [-0.05, 0) is 12.5 Å². The van der Waals surface area contributed by atoms with E-state index in [0.717, 1.165) is 5.56 Å². The van der Waals surface area contributed by atoms with Crippen LogP contribution in [0.3, 0.4) is 0 Å². The number of ether oxygens (including phenoxy) is 1. The molecule has 4 heteroatoms. The van der Waals surface area contributed by atoms with Gasteiger partial charge in [0, 0.05) is 16.7 Å². The molecule has 0 saturated carbocycles. The maximum absolute atomic E-state index is 9.41. The summed E-state index contributed by atoms with van der Waals surface area (Å²) < 4.78 is 4.93. The van der Waals surface area contributed by atoms with E-state index < -0.39 is 0 Å². The van der Waals surface area contributed by atoms with E-state index in [1.807, 2.05) is 0 Å². The number of rotatable bonds is 2. The number of phenols is 1. The van der Waals surface area contributed by atoms with Crippen LogP contribution in [0.5, 0.6) is 11.5 Å². The molecule has 1 rings (SSSR count). The second kappa shape index (κ2) is 3.85. The summed E-state index contributed by atoms with van der Waals surface area (Å²) in [6.45, 7) is 1.55. The van der Waals surface area contributed by atoms with Gasteiger partial charge in [0.05, 0.1) is 13.7 Å². The minimum absolute atomic E-state index is 0.0536. The topological polar surface area (TPSA) is 49.7 Å². The van der Waals surface area contributed by atoms with Crippen LogP contribution in [0.4, 0.5) is 0 Å². The number of halogens is 1. The van der Waals surface area contributed by atoms with Crippen molar-refractivity contribution in [2.24, 2.45) is 0 Å². The highest BCUT2D eigenvalue weighted by Crippen LogP contribution is 2.36. The van der Waals surface area contributed by atoms with Gasteiger partial charge in [-0.25, -0.2) is 0 Å². The Morgan fingerprint density at radius 1 is 1.54 bits per heavy atom. The zero-order chi connectivity index (χ0) is 10.0. The number of methoxy groups -OCH3 is 1. The monoisotopic (exact) mass is 202 g/mol. The molecule has 0 aliphatic rings. The van der Waals surface area contributed by atoms with Gasteiger partial charge >= 0.3 is 0 Å². The van der Waals surface area contributed by atoms with Crippen LogP contribution in [-0.2, 0) is 6.61 Å². The van der Waals surface area contributed by atoms with Crippen molar-refractivity contribution in [2.75, 3.05) is 7.11 Å². The molecule has 0 aromatic heterocycles. The molecule has 0 aliphatic heterocycles. The number of aliphatic hydroxyl groups is 1. The highest BCUT2D eigenvalue weighted by atomic mass is 35.5. The van der Waals surface area contributed by atoms with Crippen molar-refractivity contribution >= 4 is 11.6 Å². The van der Waals surface area contributed by atoms with Gasteiger partial charge in [-0.1, -0.05) is 11.6 Å². The first kappa shape index (κ1) is 10.2. The Morgan fingerprint density at radius 3 is 2.62 bits per heavy atom. The molecule has 0 heterocycles. The van der Waals surface area contributed by atoms with Crippen LogP contribution in [0.15, 0.2) is 6.07 Å². The van der Waals surface area contributed by atoms with Gasteiger partial charge in [0.15, 0.2) is 11.5 Å². The summed E-state index contributed by atoms with van der Waals surface area (Å²) >= 11 is 5.80. The van der Waals surface area contributed by atoms with Crippen molar-refractivity contribution in [1.29, 1.82) is 0 Å². The number of hydrogen-bond donors (Lipinski definition) is 2. The van der Waals surface area contributed by atoms with Gasteiger partial charge in [0.2, 0.25) is 0 Å². The molecule has 0 aliphatic carbocycles. The summed E-state index contributed by atoms with van der Waals surface area (Å²) in [4.78, 5) is 0. The van der Waals surface area contributed by atoms with Crippen LogP contribution in [0.2, 0.25) is 5.02 Å². The zero-order valence-electron chi connectivity index (χ0n) is 7.47. The quantitative estimate of drug-likeness (QED) is 0.770. The van der Waals surface area contributed by atoms with Gasteiger partial charge in [-0.3, -0.25) is 0 Å². The van der Waals surface area contributed by atoms with E-state index in [1.165, 1.54) is 13.2 Å². The molecule has 0 fully saturated rings. The van der Waals surface area contributed by atoms with Crippen LogP contribution in [0.1, 0.15) is 11.1 Å². The molecule has 2 N–H and O–H groups in total. The van der Waals surface area contributed by atoms with Gasteiger partial charge < -0.3 is 14.9 Å². The third-order valence-corrected chi connectivity index (χ3v) is 2.34. The van der Waals surface area contributed by atoms with Crippen molar-refractivity contribution in [3.63, 3.8) is 0 Å². The molecule has 0 spiro atoms. The summed E-state index contributed by atoms with van der Waals surface area (Å²) in [6, 6.07) is 1.40. The lowest BCUT2D eigenvalue weighted by atomic mass is 10.1. The van der Waals surface area contributed by atoms with Gasteiger partial charge in [-0.2, -0.15) is 0 Å². The normalized spacial score (nSPS) is 10.2. The Hall–Kier alpha value is -0.930. The predicted octanol–water partition coefficient (Wildman–Crippen LogP) is 1.85. The maximum atomic E-state index is 9.41. The molecule has 3 nitrogen and oxygen atoms in total. The van der Waals surface area contributed by atoms with E-state index in [4.69, 9.17) is 21.4 Å². The van der Waals surface area contributed by atoms with Crippen molar-refractivity contribution in [1.82, 2.24) is 0 Å². The molecule has 1 aromatic carbocycles. The van der Waals surface area contributed by atoms with Crippen LogP contribution in [-0.4, -0.2) is 17.3 Å². The average molecular weight is 203 g/mol. The minimum atomic E-state index is -0.205. The van der Waals surface area contributed by atoms with Crippen LogP contribution in [0.25, 0.3) is 0 Å². The molecule has 0 radical (unpaired) electrons. The van der Waals surface area contributed by atoms with Crippen LogP contribution in [0, 0.1) is 6.92 Å². The fourth-order valence-electron chi connectivity index (χ4n) is 1.18. The molecular formula is C9H11ClO3. The molecule has 0 saturated heterocycles. The number of benzene rings is 1. The molecular weight excluding hydrogens is 192 g/mol. The van der Waals surface area contributed by atoms with Crippen molar-refractivity contribution in [3.8, 4) is 11.5 Å². The standard InChI is InChI=1S/C9H11ClO3/c1-5-6(4-11)9(13-2)8(12)3-7(5)10/h3,11-12H,4H2,1-2H3. The smallest absolute Gasteiger partial charge is 0.166 e. The first-order chi connectivity index (χ1) is 6.11. The van der Waals surface area contributed by atoms with E-state index in [9.17, 15) is 5.11 Å². The van der Waals surface area contributed by atoms with Crippen molar-refractivity contribution in [2.45, 2.75) is 13.5 Å². The predicted molar refractivity (Wildman–Crippen MR) is 50.3 cm³/mol. The third-order valence-electron chi connectivity index (χ3n) is 1.94. The average Bonchev–Trinajstić information content (AvgIpc) is 2.10. The molecule has 0 unspecified atom stereocenters. The highest BCUT2D eigenvalue weighted by Gasteiger charge is 2.13. The summed E-state index contributed by atoms with van der Waals surface area (Å²) in [5, 5.41) is 18.9. The Kier molecular flexibility index (Phi) is 3.01. The molecule has 1 aromatic rings. The lowest BCUT2D eigenvalue weighted by Crippen LogP contribution is -1.96. The third kappa shape index (κ3) is 1.71. The summed E-state index contributed by atoms with van der Waals surface area (Å²) in [7, 11) is 1.43. The molecule has 0 amide bonds. The van der Waals surface area contributed by atoms with Gasteiger partial charge in [-0.15, -0.1) is 0 Å². The lowest BCUT2D eigenvalue weighted by molar-refractivity contribution is 0.270. The van der Waals surface area contributed by atoms with Gasteiger partial charge in [0.25, 0.3) is 0 Å². The number of aliphatic hydroxyl groups excluding tert-OH is 1. The van der Waals surface area contributed by atoms with Gasteiger partial charge in [0.1, 0.15) is 0 Å². The molecule has 72 valence electrons. The molecule has 13 heavy (non-hydrogen) atoms. The Bertz CT molecular complexity index is 323. The van der Waals surface area contributed by atoms with Crippen molar-refractivity contribution in [3.05, 3.63) is 22.2 Å². The Morgan fingerprint density at radius 2 is 2.15 bits per heavy atom. The molecule has 0 bridgehead atoms. The summed E-state index contributed by atoms with van der Waals surface area (Å²) in [6.07, 6.45) is 0. The fraction of sp³-hybridized carbons (Fsp3) is 0.333. The minimum Gasteiger partial charge on any atom is -0.504 e. The van der Waals surface area contributed by atoms with Crippen molar-refractivity contribution < 1.29 is 14.9 Å². The van der Waals surface area contributed by atoms with E-state index in [1.54, 1.807) is 6.92 Å². The van der Waals surface area contributed by atoms with Crippen LogP contribution < -0.4 is 4.74 Å². The first-order valence-corrected chi connectivity index (χ1v) is 4.15. The summed E-state index contributed by atoms with van der Waals surface area (Å²) in [5.74, 6) is 0.228. The van der Waals surface area contributed by atoms with E-state index in [2.05, 4.69) is 0 Å². The second-order valence-electron chi connectivity index (χ2n) is 2.67. The van der Waals surface area contributed by atoms with Crippen LogP contribution >= 0.6 is 11.6 Å². The van der Waals surface area contributed by atoms with E-state index >= 15 is 0 Å². The molecule has 0 atom stereocenters. The summed E-state index contributed by atoms with van der Waals surface area (Å²) in [5.41, 5.74) is 1.24.